The SMILES string of the molecule is CCC1(C(C)(C(=O)O)C2CCCNC2)C(=O)Cc2c1cc1n(c2=O)Cc2c-1nc1cc3c(cc1c2C)OCO3.Cl. The van der Waals surface area contributed by atoms with Gasteiger partial charge in [-0.2, -0.15) is 0 Å². The van der Waals surface area contributed by atoms with Crippen LogP contribution in [0.15, 0.2) is 23.0 Å². The third kappa shape index (κ3) is 3.19. The maximum absolute atomic E-state index is 14.0. The summed E-state index contributed by atoms with van der Waals surface area (Å²) in [6.07, 6.45) is 1.83. The van der Waals surface area contributed by atoms with Gasteiger partial charge < -0.3 is 24.5 Å². The van der Waals surface area contributed by atoms with E-state index in [0.717, 1.165) is 41.4 Å². The number of carboxylic acids is 1. The molecular formula is C30H32ClN3O6. The minimum Gasteiger partial charge on any atom is -0.481 e. The monoisotopic (exact) mass is 565 g/mol. The van der Waals surface area contributed by atoms with Crippen molar-refractivity contribution in [3.05, 3.63) is 50.8 Å². The molecule has 0 bridgehead atoms. The highest BCUT2D eigenvalue weighted by Crippen LogP contribution is 2.56. The van der Waals surface area contributed by atoms with Crippen molar-refractivity contribution >= 4 is 35.1 Å². The number of carbonyl (C=O) groups is 2. The van der Waals surface area contributed by atoms with E-state index in [1.54, 1.807) is 11.5 Å². The van der Waals surface area contributed by atoms with Crippen LogP contribution >= 0.6 is 12.4 Å². The van der Waals surface area contributed by atoms with Crippen molar-refractivity contribution in [3.63, 3.8) is 0 Å². The number of hydrogen-bond acceptors (Lipinski definition) is 7. The lowest BCUT2D eigenvalue weighted by atomic mass is 9.53. The zero-order chi connectivity index (χ0) is 27.3. The second-order valence-corrected chi connectivity index (χ2v) is 11.5. The van der Waals surface area contributed by atoms with Gasteiger partial charge in [-0.15, -0.1) is 12.4 Å². The Morgan fingerprint density at radius 1 is 1.23 bits per heavy atom. The second-order valence-electron chi connectivity index (χ2n) is 11.5. The Hall–Kier alpha value is -3.43. The summed E-state index contributed by atoms with van der Waals surface area (Å²) in [6.45, 7) is 7.51. The molecule has 3 unspecified atom stereocenters. The number of Topliss-reactive ketones (excluding diaryl/α,β-unsaturated/α-hetero) is 1. The Kier molecular flexibility index (Phi) is 6.05. The molecule has 7 rings (SSSR count). The summed E-state index contributed by atoms with van der Waals surface area (Å²) >= 11 is 0. The number of nitrogens with one attached hydrogen (secondary N) is 1. The molecule has 1 fully saturated rings. The van der Waals surface area contributed by atoms with E-state index in [1.807, 2.05) is 32.0 Å². The summed E-state index contributed by atoms with van der Waals surface area (Å²) in [5.41, 5.74) is 2.14. The number of carbonyl (C=O) groups excluding carboxylic acids is 1. The lowest BCUT2D eigenvalue weighted by Gasteiger charge is -2.48. The number of pyridine rings is 2. The number of rotatable bonds is 4. The van der Waals surface area contributed by atoms with Crippen molar-refractivity contribution in [2.24, 2.45) is 11.3 Å². The number of nitrogens with zero attached hydrogens (tertiary/aromatic N) is 2. The van der Waals surface area contributed by atoms with Crippen molar-refractivity contribution in [1.82, 2.24) is 14.9 Å². The van der Waals surface area contributed by atoms with Crippen molar-refractivity contribution in [1.29, 1.82) is 0 Å². The van der Waals surface area contributed by atoms with E-state index in [9.17, 15) is 19.5 Å². The Morgan fingerprint density at radius 2 is 1.98 bits per heavy atom. The largest absolute Gasteiger partial charge is 0.481 e. The highest BCUT2D eigenvalue weighted by atomic mass is 35.5. The summed E-state index contributed by atoms with van der Waals surface area (Å²) in [4.78, 5) is 46.1. The van der Waals surface area contributed by atoms with Crippen LogP contribution in [0.3, 0.4) is 0 Å². The van der Waals surface area contributed by atoms with Crippen LogP contribution in [-0.4, -0.2) is 46.3 Å². The lowest BCUT2D eigenvalue weighted by molar-refractivity contribution is -0.162. The Balaban J connectivity index is 0.00000289. The van der Waals surface area contributed by atoms with E-state index in [1.165, 1.54) is 0 Å². The molecule has 3 aromatic rings. The first-order valence-electron chi connectivity index (χ1n) is 13.7. The van der Waals surface area contributed by atoms with Gasteiger partial charge in [-0.05, 0) is 75.4 Å². The summed E-state index contributed by atoms with van der Waals surface area (Å²) in [6, 6.07) is 5.69. The molecule has 1 aliphatic carbocycles. The standard InChI is InChI=1S/C30H31N3O6.ClH/c1-4-30(29(3,28(36)37)16-6-5-7-31-12-16)20-10-22-26-19(13-33(22)27(35)18(20)9-25(30)34)15(2)17-8-23-24(39-14-38-23)11-21(17)32-26;/h8,10-11,16,31H,4-7,9,12-14H2,1-3H3,(H,36,37);1H. The zero-order valence-electron chi connectivity index (χ0n) is 22.8. The molecule has 0 spiro atoms. The number of ether oxygens (including phenoxy) is 2. The molecule has 4 aliphatic rings. The molecule has 0 saturated carbocycles. The summed E-state index contributed by atoms with van der Waals surface area (Å²) < 4.78 is 12.8. The van der Waals surface area contributed by atoms with Gasteiger partial charge in [0.15, 0.2) is 11.5 Å². The predicted octanol–water partition coefficient (Wildman–Crippen LogP) is 3.75. The number of benzene rings is 1. The number of aromatic nitrogens is 2. The fraction of sp³-hybridized carbons (Fsp3) is 0.467. The molecule has 0 radical (unpaired) electrons. The van der Waals surface area contributed by atoms with E-state index in [2.05, 4.69) is 5.32 Å². The molecule has 10 heteroatoms. The normalized spacial score (nSPS) is 23.8. The van der Waals surface area contributed by atoms with Crippen molar-refractivity contribution in [2.75, 3.05) is 19.9 Å². The fourth-order valence-electron chi connectivity index (χ4n) is 7.85. The molecule has 5 heterocycles. The average molecular weight is 566 g/mol. The van der Waals surface area contributed by atoms with Gasteiger partial charge in [-0.25, -0.2) is 4.98 Å². The third-order valence-electron chi connectivity index (χ3n) is 10.1. The Labute approximate surface area is 237 Å². The number of aryl methyl sites for hydroxylation is 1. The van der Waals surface area contributed by atoms with Crippen LogP contribution in [0.1, 0.15) is 55.4 Å². The smallest absolute Gasteiger partial charge is 0.311 e. The van der Waals surface area contributed by atoms with E-state index < -0.39 is 16.8 Å². The van der Waals surface area contributed by atoms with Crippen LogP contribution in [0, 0.1) is 18.3 Å². The Bertz CT molecular complexity index is 1680. The highest BCUT2D eigenvalue weighted by Gasteiger charge is 2.64. The minimum absolute atomic E-state index is 0. The van der Waals surface area contributed by atoms with Crippen molar-refractivity contribution < 1.29 is 24.2 Å². The molecule has 3 aliphatic heterocycles. The number of piperidine rings is 1. The van der Waals surface area contributed by atoms with Crippen molar-refractivity contribution in [2.45, 2.75) is 58.4 Å². The van der Waals surface area contributed by atoms with E-state index >= 15 is 0 Å². The zero-order valence-corrected chi connectivity index (χ0v) is 23.6. The molecule has 1 saturated heterocycles. The van der Waals surface area contributed by atoms with Crippen LogP contribution in [0.5, 0.6) is 11.5 Å². The average Bonchev–Trinajstić information content (AvgIpc) is 3.62. The molecule has 40 heavy (non-hydrogen) atoms. The van der Waals surface area contributed by atoms with E-state index in [4.69, 9.17) is 14.5 Å². The minimum atomic E-state index is -1.37. The molecule has 2 N–H and O–H groups in total. The fourth-order valence-corrected chi connectivity index (χ4v) is 7.85. The maximum atomic E-state index is 14.0. The van der Waals surface area contributed by atoms with Gasteiger partial charge in [0.05, 0.1) is 34.3 Å². The second kappa shape index (κ2) is 9.04. The number of fused-ring (bicyclic) bond motifs is 6. The number of halogens is 1. The first-order chi connectivity index (χ1) is 18.7. The summed E-state index contributed by atoms with van der Waals surface area (Å²) in [7, 11) is 0. The number of ketones is 1. The van der Waals surface area contributed by atoms with E-state index in [-0.39, 0.29) is 42.9 Å². The molecule has 1 aromatic carbocycles. The molecule has 2 aromatic heterocycles. The first kappa shape index (κ1) is 26.8. The van der Waals surface area contributed by atoms with Crippen LogP contribution in [0.25, 0.3) is 22.3 Å². The van der Waals surface area contributed by atoms with Gasteiger partial charge in [-0.1, -0.05) is 6.92 Å². The van der Waals surface area contributed by atoms with Gasteiger partial charge in [0, 0.05) is 29.0 Å². The molecular weight excluding hydrogens is 534 g/mol. The van der Waals surface area contributed by atoms with Gasteiger partial charge in [-0.3, -0.25) is 14.4 Å². The van der Waals surface area contributed by atoms with Gasteiger partial charge in [0.25, 0.3) is 5.56 Å². The highest BCUT2D eigenvalue weighted by molar-refractivity contribution is 6.02. The van der Waals surface area contributed by atoms with Crippen LogP contribution in [0.2, 0.25) is 0 Å². The Morgan fingerprint density at radius 3 is 2.65 bits per heavy atom. The summed E-state index contributed by atoms with van der Waals surface area (Å²) in [5.74, 6) is -0.0951. The first-order valence-corrected chi connectivity index (χ1v) is 13.7. The number of hydrogen-bond donors (Lipinski definition) is 2. The maximum Gasteiger partial charge on any atom is 0.311 e. The van der Waals surface area contributed by atoms with Gasteiger partial charge in [0.1, 0.15) is 5.78 Å². The molecule has 3 atom stereocenters. The van der Waals surface area contributed by atoms with Crippen molar-refractivity contribution in [3.8, 4) is 22.9 Å². The quantitative estimate of drug-likeness (QED) is 0.384. The topological polar surface area (TPSA) is 120 Å². The third-order valence-corrected chi connectivity index (χ3v) is 10.1. The van der Waals surface area contributed by atoms with Crippen LogP contribution in [-0.2, 0) is 28.0 Å². The predicted molar refractivity (Wildman–Crippen MR) is 151 cm³/mol. The molecule has 0 amide bonds. The molecule has 210 valence electrons. The van der Waals surface area contributed by atoms with Crippen LogP contribution < -0.4 is 20.3 Å². The number of aliphatic carboxylic acids is 1. The van der Waals surface area contributed by atoms with Gasteiger partial charge in [0.2, 0.25) is 6.79 Å². The van der Waals surface area contributed by atoms with Crippen LogP contribution in [0.4, 0.5) is 0 Å². The van der Waals surface area contributed by atoms with Gasteiger partial charge >= 0.3 is 5.97 Å². The molecule has 9 nitrogen and oxygen atoms in total. The lowest BCUT2D eigenvalue weighted by Crippen LogP contribution is -2.59. The van der Waals surface area contributed by atoms with E-state index in [0.29, 0.717) is 53.5 Å². The number of carboxylic acid groups (broad SMARTS) is 1. The summed E-state index contributed by atoms with van der Waals surface area (Å²) in [5, 5.41) is 15.0.